The number of nitrogens with zero attached hydrogens (tertiary/aromatic N) is 1. The number of rotatable bonds is 5. The summed E-state index contributed by atoms with van der Waals surface area (Å²) >= 11 is 0. The van der Waals surface area contributed by atoms with Gasteiger partial charge < -0.3 is 21.1 Å². The molecule has 138 valence electrons. The maximum atomic E-state index is 12.8. The maximum Gasteiger partial charge on any atom is 0.229 e. The molecule has 0 spiro atoms. The zero-order chi connectivity index (χ0) is 18.5. The van der Waals surface area contributed by atoms with E-state index in [0.29, 0.717) is 0 Å². The van der Waals surface area contributed by atoms with Crippen molar-refractivity contribution in [3.05, 3.63) is 60.2 Å². The van der Waals surface area contributed by atoms with E-state index in [9.17, 15) is 9.90 Å². The van der Waals surface area contributed by atoms with Crippen molar-refractivity contribution in [3.63, 3.8) is 0 Å². The van der Waals surface area contributed by atoms with Crippen molar-refractivity contribution in [3.8, 4) is 0 Å². The number of aliphatic hydroxyl groups excluding tert-OH is 1. The van der Waals surface area contributed by atoms with Gasteiger partial charge in [-0.25, -0.2) is 0 Å². The predicted molar refractivity (Wildman–Crippen MR) is 105 cm³/mol. The number of hydrogen-bond acceptors (Lipinski definition) is 4. The number of carbonyl (C=O) groups excluding carboxylic acids is 1. The minimum absolute atomic E-state index is 0.0918. The quantitative estimate of drug-likeness (QED) is 0.772. The van der Waals surface area contributed by atoms with E-state index in [1.165, 1.54) is 0 Å². The molecule has 2 aromatic rings. The smallest absolute Gasteiger partial charge is 0.229 e. The number of nitrogens with two attached hydrogens (primary N) is 1. The lowest BCUT2D eigenvalue weighted by atomic mass is 9.94. The van der Waals surface area contributed by atoms with Crippen LogP contribution in [0.4, 0.5) is 11.4 Å². The molecule has 1 aliphatic rings. The first-order chi connectivity index (χ1) is 12.6. The minimum Gasteiger partial charge on any atom is -0.393 e. The fraction of sp³-hybridized carbons (Fsp3) is 0.381. The Bertz CT molecular complexity index is 727. The normalized spacial score (nSPS) is 17.6. The number of para-hydroxylation sites is 2. The fourth-order valence-electron chi connectivity index (χ4n) is 3.34. The lowest BCUT2D eigenvalue weighted by Crippen LogP contribution is -2.37. The van der Waals surface area contributed by atoms with Gasteiger partial charge in [0.2, 0.25) is 5.91 Å². The molecule has 1 heterocycles. The molecule has 0 aromatic heterocycles. The van der Waals surface area contributed by atoms with Crippen molar-refractivity contribution in [2.45, 2.75) is 31.9 Å². The van der Waals surface area contributed by atoms with Crippen LogP contribution in [-0.2, 0) is 4.79 Å². The van der Waals surface area contributed by atoms with Crippen LogP contribution in [-0.4, -0.2) is 30.2 Å². The number of piperidine rings is 1. The Morgan fingerprint density at radius 3 is 2.42 bits per heavy atom. The van der Waals surface area contributed by atoms with Gasteiger partial charge in [0.05, 0.1) is 23.4 Å². The molecule has 2 atom stereocenters. The Labute approximate surface area is 154 Å². The molecule has 2 unspecified atom stereocenters. The first kappa shape index (κ1) is 18.4. The highest BCUT2D eigenvalue weighted by molar-refractivity contribution is 5.96. The van der Waals surface area contributed by atoms with Gasteiger partial charge in [0.1, 0.15) is 0 Å². The molecule has 4 N–H and O–H groups in total. The second kappa shape index (κ2) is 8.34. The molecular formula is C21H27N3O2. The molecule has 5 heteroatoms. The molecule has 2 aromatic carbocycles. The summed E-state index contributed by atoms with van der Waals surface area (Å²) in [5, 5.41) is 12.8. The van der Waals surface area contributed by atoms with Crippen molar-refractivity contribution in [2.75, 3.05) is 23.3 Å². The van der Waals surface area contributed by atoms with Gasteiger partial charge in [0.25, 0.3) is 0 Å². The Morgan fingerprint density at radius 2 is 1.73 bits per heavy atom. The van der Waals surface area contributed by atoms with E-state index in [-0.39, 0.29) is 24.0 Å². The SMILES string of the molecule is CC(C(=O)Nc1ccccc1N1CCC(O)CC1)C(N)c1ccccc1. The molecular weight excluding hydrogens is 326 g/mol. The number of benzene rings is 2. The van der Waals surface area contributed by atoms with Crippen LogP contribution in [0.5, 0.6) is 0 Å². The average Bonchev–Trinajstić information content (AvgIpc) is 2.68. The van der Waals surface area contributed by atoms with E-state index in [1.807, 2.05) is 61.5 Å². The lowest BCUT2D eigenvalue weighted by molar-refractivity contribution is -0.120. The van der Waals surface area contributed by atoms with Crippen LogP contribution in [0, 0.1) is 5.92 Å². The molecule has 1 fully saturated rings. The van der Waals surface area contributed by atoms with Gasteiger partial charge >= 0.3 is 0 Å². The highest BCUT2D eigenvalue weighted by Gasteiger charge is 2.24. The summed E-state index contributed by atoms with van der Waals surface area (Å²) < 4.78 is 0. The zero-order valence-corrected chi connectivity index (χ0v) is 15.1. The van der Waals surface area contributed by atoms with E-state index in [0.717, 1.165) is 42.9 Å². The zero-order valence-electron chi connectivity index (χ0n) is 15.1. The van der Waals surface area contributed by atoms with Crippen molar-refractivity contribution >= 4 is 17.3 Å². The van der Waals surface area contributed by atoms with E-state index in [1.54, 1.807) is 0 Å². The van der Waals surface area contributed by atoms with Gasteiger partial charge in [0.15, 0.2) is 0 Å². The molecule has 5 nitrogen and oxygen atoms in total. The molecule has 1 saturated heterocycles. The number of amides is 1. The summed E-state index contributed by atoms with van der Waals surface area (Å²) in [5.74, 6) is -0.445. The third kappa shape index (κ3) is 4.23. The molecule has 0 radical (unpaired) electrons. The second-order valence-corrected chi connectivity index (χ2v) is 6.95. The average molecular weight is 353 g/mol. The topological polar surface area (TPSA) is 78.6 Å². The standard InChI is InChI=1S/C21H27N3O2/c1-15(20(22)16-7-3-2-4-8-16)21(26)23-18-9-5-6-10-19(18)24-13-11-17(25)12-14-24/h2-10,15,17,20,25H,11-14,22H2,1H3,(H,23,26). The Hall–Kier alpha value is -2.37. The monoisotopic (exact) mass is 353 g/mol. The van der Waals surface area contributed by atoms with Crippen LogP contribution in [0.15, 0.2) is 54.6 Å². The van der Waals surface area contributed by atoms with Crippen molar-refractivity contribution in [1.29, 1.82) is 0 Å². The van der Waals surface area contributed by atoms with Crippen molar-refractivity contribution in [2.24, 2.45) is 11.7 Å². The number of anilines is 2. The van der Waals surface area contributed by atoms with Gasteiger partial charge in [-0.3, -0.25) is 4.79 Å². The summed E-state index contributed by atoms with van der Waals surface area (Å²) in [7, 11) is 0. The Balaban J connectivity index is 1.71. The number of nitrogens with one attached hydrogen (secondary N) is 1. The molecule has 26 heavy (non-hydrogen) atoms. The second-order valence-electron chi connectivity index (χ2n) is 6.95. The van der Waals surface area contributed by atoms with E-state index in [2.05, 4.69) is 10.2 Å². The first-order valence-corrected chi connectivity index (χ1v) is 9.19. The van der Waals surface area contributed by atoms with E-state index >= 15 is 0 Å². The lowest BCUT2D eigenvalue weighted by Gasteiger charge is -2.33. The van der Waals surface area contributed by atoms with Crippen molar-refractivity contribution in [1.82, 2.24) is 0 Å². The van der Waals surface area contributed by atoms with Gasteiger partial charge in [-0.05, 0) is 30.5 Å². The van der Waals surface area contributed by atoms with Crippen molar-refractivity contribution < 1.29 is 9.90 Å². The van der Waals surface area contributed by atoms with Gasteiger partial charge in [0, 0.05) is 19.1 Å². The molecule has 1 amide bonds. The summed E-state index contributed by atoms with van der Waals surface area (Å²) in [6, 6.07) is 17.1. The molecule has 0 aliphatic carbocycles. The third-order valence-electron chi connectivity index (χ3n) is 5.10. The van der Waals surface area contributed by atoms with Crippen LogP contribution in [0.1, 0.15) is 31.4 Å². The number of carbonyl (C=O) groups is 1. The highest BCUT2D eigenvalue weighted by Crippen LogP contribution is 2.29. The Morgan fingerprint density at radius 1 is 1.12 bits per heavy atom. The van der Waals surface area contributed by atoms with Gasteiger partial charge in [-0.2, -0.15) is 0 Å². The van der Waals surface area contributed by atoms with Crippen LogP contribution >= 0.6 is 0 Å². The fourth-order valence-corrected chi connectivity index (χ4v) is 3.34. The van der Waals surface area contributed by atoms with Gasteiger partial charge in [-0.1, -0.05) is 49.4 Å². The van der Waals surface area contributed by atoms with Gasteiger partial charge in [-0.15, -0.1) is 0 Å². The summed E-state index contributed by atoms with van der Waals surface area (Å²) in [5.41, 5.74) is 9.03. The van der Waals surface area contributed by atoms with E-state index in [4.69, 9.17) is 5.73 Å². The van der Waals surface area contributed by atoms with Crippen LogP contribution in [0.2, 0.25) is 0 Å². The van der Waals surface area contributed by atoms with Crippen LogP contribution in [0.25, 0.3) is 0 Å². The highest BCUT2D eigenvalue weighted by atomic mass is 16.3. The number of hydrogen-bond donors (Lipinski definition) is 3. The minimum atomic E-state index is -0.353. The van der Waals surface area contributed by atoms with Crippen LogP contribution in [0.3, 0.4) is 0 Å². The number of aliphatic hydroxyl groups is 1. The molecule has 1 aliphatic heterocycles. The summed E-state index contributed by atoms with van der Waals surface area (Å²) in [6.45, 7) is 3.42. The molecule has 3 rings (SSSR count). The summed E-state index contributed by atoms with van der Waals surface area (Å²) in [6.07, 6.45) is 1.27. The molecule has 0 saturated carbocycles. The summed E-state index contributed by atoms with van der Waals surface area (Å²) in [4.78, 5) is 15.0. The predicted octanol–water partition coefficient (Wildman–Crippen LogP) is 2.92. The van der Waals surface area contributed by atoms with Crippen LogP contribution < -0.4 is 16.0 Å². The first-order valence-electron chi connectivity index (χ1n) is 9.19. The molecule has 0 bridgehead atoms. The third-order valence-corrected chi connectivity index (χ3v) is 5.10. The largest absolute Gasteiger partial charge is 0.393 e. The Kier molecular flexibility index (Phi) is 5.91. The van der Waals surface area contributed by atoms with E-state index < -0.39 is 0 Å². The maximum absolute atomic E-state index is 12.8.